The van der Waals surface area contributed by atoms with Crippen LogP contribution in [0.15, 0.2) is 31.4 Å². The number of nitrogens with one attached hydrogen (secondary N) is 1. The first-order chi connectivity index (χ1) is 5.79. The van der Waals surface area contributed by atoms with Crippen molar-refractivity contribution in [2.75, 3.05) is 0 Å². The molecule has 0 saturated heterocycles. The van der Waals surface area contributed by atoms with Crippen molar-refractivity contribution in [2.24, 2.45) is 5.84 Å². The van der Waals surface area contributed by atoms with Crippen LogP contribution in [-0.2, 0) is 4.79 Å². The van der Waals surface area contributed by atoms with Crippen LogP contribution in [0.5, 0.6) is 0 Å². The second-order valence-corrected chi connectivity index (χ2v) is 2.20. The van der Waals surface area contributed by atoms with Crippen LogP contribution in [0, 0.1) is 0 Å². The van der Waals surface area contributed by atoms with Crippen molar-refractivity contribution in [3.05, 3.63) is 31.4 Å². The van der Waals surface area contributed by atoms with Crippen molar-refractivity contribution in [3.63, 3.8) is 0 Å². The van der Waals surface area contributed by atoms with Crippen LogP contribution < -0.4 is 11.3 Å². The van der Waals surface area contributed by atoms with E-state index in [0.29, 0.717) is 0 Å². The van der Waals surface area contributed by atoms with Crippen molar-refractivity contribution in [1.29, 1.82) is 0 Å². The van der Waals surface area contributed by atoms with E-state index in [4.69, 9.17) is 5.84 Å². The normalized spacial score (nSPS) is 12.1. The van der Waals surface area contributed by atoms with Crippen LogP contribution in [0.25, 0.3) is 0 Å². The summed E-state index contributed by atoms with van der Waals surface area (Å²) in [5.74, 6) is 4.66. The maximum Gasteiger partial charge on any atom is 0.260 e. The molecule has 3 N–H and O–H groups in total. The first-order valence-corrected chi connectivity index (χ1v) is 3.40. The zero-order valence-electron chi connectivity index (χ0n) is 6.47. The quantitative estimate of drug-likeness (QED) is 0.278. The Bertz CT molecular complexity index is 267. The van der Waals surface area contributed by atoms with Gasteiger partial charge >= 0.3 is 0 Å². The molecule has 5 heteroatoms. The summed E-state index contributed by atoms with van der Waals surface area (Å²) in [6, 6.07) is -0.488. The lowest BCUT2D eigenvalue weighted by Crippen LogP contribution is -2.36. The van der Waals surface area contributed by atoms with Gasteiger partial charge in [0.2, 0.25) is 0 Å². The lowest BCUT2D eigenvalue weighted by atomic mass is 10.3. The SMILES string of the molecule is C=CC(C(=O)NN)n1ccnc1. The van der Waals surface area contributed by atoms with Gasteiger partial charge in [-0.15, -0.1) is 6.58 Å². The van der Waals surface area contributed by atoms with Gasteiger partial charge in [-0.05, 0) is 0 Å². The van der Waals surface area contributed by atoms with Crippen LogP contribution in [0.3, 0.4) is 0 Å². The number of carbonyl (C=O) groups is 1. The molecule has 1 amide bonds. The second-order valence-electron chi connectivity index (χ2n) is 2.20. The molecule has 5 nitrogen and oxygen atoms in total. The summed E-state index contributed by atoms with van der Waals surface area (Å²) in [5, 5.41) is 0. The summed E-state index contributed by atoms with van der Waals surface area (Å²) in [6.45, 7) is 3.52. The number of carbonyl (C=O) groups excluding carboxylic acids is 1. The Morgan fingerprint density at radius 3 is 3.00 bits per heavy atom. The van der Waals surface area contributed by atoms with Gasteiger partial charge in [-0.1, -0.05) is 6.08 Å². The highest BCUT2D eigenvalue weighted by Gasteiger charge is 2.13. The summed E-state index contributed by atoms with van der Waals surface area (Å²) >= 11 is 0. The van der Waals surface area contributed by atoms with Gasteiger partial charge in [0.15, 0.2) is 0 Å². The van der Waals surface area contributed by atoms with E-state index in [-0.39, 0.29) is 5.91 Å². The number of nitrogens with zero attached hydrogens (tertiary/aromatic N) is 2. The Kier molecular flexibility index (Phi) is 2.60. The van der Waals surface area contributed by atoms with E-state index in [0.717, 1.165) is 0 Å². The average molecular weight is 166 g/mol. The van der Waals surface area contributed by atoms with Crippen LogP contribution in [0.2, 0.25) is 0 Å². The van der Waals surface area contributed by atoms with Crippen LogP contribution >= 0.6 is 0 Å². The van der Waals surface area contributed by atoms with Gasteiger partial charge in [-0.3, -0.25) is 10.2 Å². The van der Waals surface area contributed by atoms with Gasteiger partial charge in [-0.2, -0.15) is 0 Å². The van der Waals surface area contributed by atoms with Gasteiger partial charge in [-0.25, -0.2) is 10.8 Å². The molecule has 0 aliphatic carbocycles. The maximum absolute atomic E-state index is 11.1. The van der Waals surface area contributed by atoms with E-state index in [1.54, 1.807) is 17.0 Å². The molecule has 0 aliphatic rings. The van der Waals surface area contributed by atoms with Crippen LogP contribution in [-0.4, -0.2) is 15.5 Å². The van der Waals surface area contributed by atoms with Crippen LogP contribution in [0.1, 0.15) is 6.04 Å². The molecule has 0 saturated carbocycles. The lowest BCUT2D eigenvalue weighted by molar-refractivity contribution is -0.123. The molecule has 64 valence electrons. The molecule has 1 unspecified atom stereocenters. The number of hydrazine groups is 1. The Hall–Kier alpha value is -1.62. The number of hydrogen-bond donors (Lipinski definition) is 2. The highest BCUT2D eigenvalue weighted by atomic mass is 16.2. The predicted molar refractivity (Wildman–Crippen MR) is 43.8 cm³/mol. The van der Waals surface area contributed by atoms with E-state index in [2.05, 4.69) is 11.6 Å². The minimum absolute atomic E-state index is 0.317. The number of aromatic nitrogens is 2. The first kappa shape index (κ1) is 8.48. The third-order valence-corrected chi connectivity index (χ3v) is 1.48. The van der Waals surface area contributed by atoms with Crippen molar-refractivity contribution in [2.45, 2.75) is 6.04 Å². The summed E-state index contributed by atoms with van der Waals surface area (Å²) in [4.78, 5) is 14.9. The van der Waals surface area contributed by atoms with Crippen molar-refractivity contribution >= 4 is 5.91 Å². The maximum atomic E-state index is 11.1. The fraction of sp³-hybridized carbons (Fsp3) is 0.143. The molecule has 1 rings (SSSR count). The summed E-state index contributed by atoms with van der Waals surface area (Å²) < 4.78 is 1.61. The molecule has 0 spiro atoms. The van der Waals surface area contributed by atoms with E-state index in [1.165, 1.54) is 12.4 Å². The van der Waals surface area contributed by atoms with Crippen LogP contribution in [0.4, 0.5) is 0 Å². The standard InChI is InChI=1S/C7H10N4O/c1-2-6(7(12)10-8)11-4-3-9-5-11/h2-6H,1,8H2,(H,10,12). The molecule has 0 bridgehead atoms. The number of amides is 1. The van der Waals surface area contributed by atoms with Crippen molar-refractivity contribution in [1.82, 2.24) is 15.0 Å². The zero-order valence-corrected chi connectivity index (χ0v) is 6.47. The van der Waals surface area contributed by atoms with Gasteiger partial charge in [0.25, 0.3) is 5.91 Å². The van der Waals surface area contributed by atoms with Gasteiger partial charge in [0.05, 0.1) is 6.33 Å². The minimum Gasteiger partial charge on any atom is -0.321 e. The minimum atomic E-state index is -0.488. The Balaban J connectivity index is 2.83. The molecule has 1 heterocycles. The fourth-order valence-electron chi connectivity index (χ4n) is 0.884. The second kappa shape index (κ2) is 3.68. The van der Waals surface area contributed by atoms with Gasteiger partial charge < -0.3 is 4.57 Å². The Labute approximate surface area is 69.9 Å². The highest BCUT2D eigenvalue weighted by Crippen LogP contribution is 2.05. The van der Waals surface area contributed by atoms with E-state index < -0.39 is 6.04 Å². The summed E-state index contributed by atoms with van der Waals surface area (Å²) in [7, 11) is 0. The van der Waals surface area contributed by atoms with Gasteiger partial charge in [0, 0.05) is 12.4 Å². The molecule has 1 aromatic heterocycles. The number of imidazole rings is 1. The molecule has 0 fully saturated rings. The fourth-order valence-corrected chi connectivity index (χ4v) is 0.884. The lowest BCUT2D eigenvalue weighted by Gasteiger charge is -2.10. The number of nitrogens with two attached hydrogens (primary N) is 1. The Morgan fingerprint density at radius 1 is 1.83 bits per heavy atom. The van der Waals surface area contributed by atoms with E-state index in [9.17, 15) is 4.79 Å². The summed E-state index contributed by atoms with van der Waals surface area (Å²) in [6.07, 6.45) is 6.27. The van der Waals surface area contributed by atoms with E-state index in [1.807, 2.05) is 5.43 Å². The number of rotatable bonds is 3. The molecule has 0 aromatic carbocycles. The first-order valence-electron chi connectivity index (χ1n) is 3.40. The molecule has 1 aromatic rings. The molecular formula is C7H10N4O. The smallest absolute Gasteiger partial charge is 0.260 e. The molecule has 0 radical (unpaired) electrons. The molecular weight excluding hydrogens is 156 g/mol. The largest absolute Gasteiger partial charge is 0.321 e. The average Bonchev–Trinajstić information content (AvgIpc) is 2.58. The highest BCUT2D eigenvalue weighted by molar-refractivity contribution is 5.81. The molecule has 1 atom stereocenters. The molecule has 12 heavy (non-hydrogen) atoms. The zero-order chi connectivity index (χ0) is 8.97. The summed E-state index contributed by atoms with van der Waals surface area (Å²) in [5.41, 5.74) is 2.05. The monoisotopic (exact) mass is 166 g/mol. The third kappa shape index (κ3) is 1.51. The van der Waals surface area contributed by atoms with Crippen molar-refractivity contribution in [3.8, 4) is 0 Å². The predicted octanol–water partition coefficient (Wildman–Crippen LogP) is -0.400. The number of hydrogen-bond acceptors (Lipinski definition) is 3. The van der Waals surface area contributed by atoms with Gasteiger partial charge in [0.1, 0.15) is 6.04 Å². The topological polar surface area (TPSA) is 72.9 Å². The third-order valence-electron chi connectivity index (χ3n) is 1.48. The Morgan fingerprint density at radius 2 is 2.58 bits per heavy atom. The van der Waals surface area contributed by atoms with Crippen molar-refractivity contribution < 1.29 is 4.79 Å². The van der Waals surface area contributed by atoms with E-state index >= 15 is 0 Å². The molecule has 0 aliphatic heterocycles.